The van der Waals surface area contributed by atoms with Crippen molar-refractivity contribution in [3.63, 3.8) is 0 Å². The zero-order chi connectivity index (χ0) is 15.6. The third-order valence-electron chi connectivity index (χ3n) is 2.12. The number of hydrogen-bond donors (Lipinski definition) is 0. The van der Waals surface area contributed by atoms with E-state index in [1.165, 1.54) is 24.4 Å². The molecule has 0 saturated carbocycles. The number of pyridine rings is 1. The van der Waals surface area contributed by atoms with Crippen molar-refractivity contribution in [1.29, 1.82) is 0 Å². The normalized spacial score (nSPS) is 11.3. The minimum absolute atomic E-state index is 0.0717. The Balaban J connectivity index is 2.20. The maximum absolute atomic E-state index is 12.1. The molecule has 21 heavy (non-hydrogen) atoms. The van der Waals surface area contributed by atoms with Gasteiger partial charge < -0.3 is 9.47 Å². The summed E-state index contributed by atoms with van der Waals surface area (Å²) in [5, 5.41) is 0.511. The number of ether oxygens (including phenoxy) is 2. The highest BCUT2D eigenvalue weighted by molar-refractivity contribution is 9.10. The van der Waals surface area contributed by atoms with E-state index in [0.29, 0.717) is 5.02 Å². The van der Waals surface area contributed by atoms with E-state index < -0.39 is 6.36 Å². The van der Waals surface area contributed by atoms with Gasteiger partial charge in [-0.1, -0.05) is 23.2 Å². The molecular formula is C12H5BrCl2F3NO2. The van der Waals surface area contributed by atoms with Gasteiger partial charge in [-0.2, -0.15) is 0 Å². The van der Waals surface area contributed by atoms with Gasteiger partial charge >= 0.3 is 6.36 Å². The molecule has 1 heterocycles. The van der Waals surface area contributed by atoms with Crippen LogP contribution in [0.25, 0.3) is 0 Å². The van der Waals surface area contributed by atoms with E-state index in [1.807, 2.05) is 0 Å². The van der Waals surface area contributed by atoms with Gasteiger partial charge in [-0.05, 0) is 40.2 Å². The molecule has 0 bridgehead atoms. The zero-order valence-electron chi connectivity index (χ0n) is 9.92. The minimum Gasteiger partial charge on any atom is -0.437 e. The molecule has 0 aliphatic carbocycles. The Morgan fingerprint density at radius 1 is 1.14 bits per heavy atom. The van der Waals surface area contributed by atoms with Crippen LogP contribution in [0.1, 0.15) is 0 Å². The molecule has 9 heteroatoms. The molecule has 0 amide bonds. The zero-order valence-corrected chi connectivity index (χ0v) is 13.0. The summed E-state index contributed by atoms with van der Waals surface area (Å²) in [4.78, 5) is 3.87. The van der Waals surface area contributed by atoms with Crippen molar-refractivity contribution in [1.82, 2.24) is 4.98 Å². The van der Waals surface area contributed by atoms with Crippen LogP contribution in [0.4, 0.5) is 13.2 Å². The molecule has 0 radical (unpaired) electrons. The van der Waals surface area contributed by atoms with Gasteiger partial charge in [0.05, 0.1) is 9.50 Å². The third kappa shape index (κ3) is 4.66. The van der Waals surface area contributed by atoms with Crippen molar-refractivity contribution in [3.05, 3.63) is 45.0 Å². The first-order valence-corrected chi connectivity index (χ1v) is 6.84. The van der Waals surface area contributed by atoms with Gasteiger partial charge in [0.1, 0.15) is 16.5 Å². The van der Waals surface area contributed by atoms with Crippen molar-refractivity contribution < 1.29 is 22.6 Å². The molecule has 0 atom stereocenters. The average molecular weight is 403 g/mol. The van der Waals surface area contributed by atoms with E-state index in [4.69, 9.17) is 27.9 Å². The topological polar surface area (TPSA) is 31.4 Å². The molecule has 2 aromatic rings. The van der Waals surface area contributed by atoms with Gasteiger partial charge in [-0.25, -0.2) is 4.98 Å². The smallest absolute Gasteiger partial charge is 0.437 e. The molecule has 0 fully saturated rings. The monoisotopic (exact) mass is 401 g/mol. The van der Waals surface area contributed by atoms with Crippen LogP contribution in [-0.2, 0) is 0 Å². The molecule has 0 aliphatic rings. The minimum atomic E-state index is -4.77. The van der Waals surface area contributed by atoms with Crippen molar-refractivity contribution in [2.45, 2.75) is 6.36 Å². The molecule has 112 valence electrons. The number of benzene rings is 1. The van der Waals surface area contributed by atoms with Crippen molar-refractivity contribution in [2.24, 2.45) is 0 Å². The first-order chi connectivity index (χ1) is 9.74. The summed E-state index contributed by atoms with van der Waals surface area (Å²) in [6.45, 7) is 0. The van der Waals surface area contributed by atoms with Crippen LogP contribution in [0.5, 0.6) is 17.4 Å². The van der Waals surface area contributed by atoms with Gasteiger partial charge in [-0.15, -0.1) is 13.2 Å². The number of aromatic nitrogens is 1. The highest BCUT2D eigenvalue weighted by Crippen LogP contribution is 2.35. The molecule has 1 aromatic carbocycles. The Bertz CT molecular complexity index is 667. The molecular weight excluding hydrogens is 398 g/mol. The van der Waals surface area contributed by atoms with Crippen molar-refractivity contribution >= 4 is 39.1 Å². The summed E-state index contributed by atoms with van der Waals surface area (Å²) in [7, 11) is 0. The van der Waals surface area contributed by atoms with Crippen LogP contribution in [0.2, 0.25) is 10.0 Å². The van der Waals surface area contributed by atoms with Gasteiger partial charge in [0.2, 0.25) is 5.88 Å². The van der Waals surface area contributed by atoms with E-state index in [9.17, 15) is 13.2 Å². The Hall–Kier alpha value is -1.18. The maximum Gasteiger partial charge on any atom is 0.573 e. The van der Waals surface area contributed by atoms with E-state index >= 15 is 0 Å². The largest absolute Gasteiger partial charge is 0.573 e. The summed E-state index contributed by atoms with van der Waals surface area (Å²) >= 11 is 14.5. The standard InChI is InChI=1S/C12H5BrCl2F3NO2/c13-8-4-7(1-2-10(8)21-12(16,17)18)20-11-9(15)3-6(14)5-19-11/h1-5H. The molecule has 1 aromatic heterocycles. The quantitative estimate of drug-likeness (QED) is 0.646. The van der Waals surface area contributed by atoms with E-state index in [2.05, 4.69) is 25.7 Å². The van der Waals surface area contributed by atoms with E-state index in [1.54, 1.807) is 0 Å². The summed E-state index contributed by atoms with van der Waals surface area (Å²) in [5.41, 5.74) is 0. The maximum atomic E-state index is 12.1. The lowest BCUT2D eigenvalue weighted by Gasteiger charge is -2.12. The van der Waals surface area contributed by atoms with E-state index in [0.717, 1.165) is 6.07 Å². The summed E-state index contributed by atoms with van der Waals surface area (Å²) in [5.74, 6) is -0.0735. The highest BCUT2D eigenvalue weighted by Gasteiger charge is 2.32. The molecule has 0 N–H and O–H groups in total. The molecule has 2 rings (SSSR count). The second kappa shape index (κ2) is 6.29. The lowest BCUT2D eigenvalue weighted by molar-refractivity contribution is -0.274. The molecule has 0 unspecified atom stereocenters. The van der Waals surface area contributed by atoms with Crippen LogP contribution in [0, 0.1) is 0 Å². The lowest BCUT2D eigenvalue weighted by Crippen LogP contribution is -2.17. The second-order valence-corrected chi connectivity index (χ2v) is 5.38. The number of alkyl halides is 3. The number of halogens is 6. The number of nitrogens with zero attached hydrogens (tertiary/aromatic N) is 1. The predicted octanol–water partition coefficient (Wildman–Crippen LogP) is 5.84. The molecule has 0 spiro atoms. The third-order valence-corrected chi connectivity index (χ3v) is 3.21. The van der Waals surface area contributed by atoms with E-state index in [-0.39, 0.29) is 26.9 Å². The summed E-state index contributed by atoms with van der Waals surface area (Å²) in [6, 6.07) is 5.13. The Kier molecular flexibility index (Phi) is 4.85. The molecule has 3 nitrogen and oxygen atoms in total. The van der Waals surface area contributed by atoms with Gasteiger partial charge in [0.15, 0.2) is 0 Å². The van der Waals surface area contributed by atoms with Gasteiger partial charge in [-0.3, -0.25) is 0 Å². The first kappa shape index (κ1) is 16.2. The van der Waals surface area contributed by atoms with Crippen molar-refractivity contribution in [2.75, 3.05) is 0 Å². The SMILES string of the molecule is FC(F)(F)Oc1ccc(Oc2ncc(Cl)cc2Cl)cc1Br. The molecule has 0 saturated heterocycles. The van der Waals surface area contributed by atoms with Crippen LogP contribution in [-0.4, -0.2) is 11.3 Å². The Morgan fingerprint density at radius 2 is 1.86 bits per heavy atom. The summed E-state index contributed by atoms with van der Waals surface area (Å²) < 4.78 is 45.7. The van der Waals surface area contributed by atoms with Crippen LogP contribution < -0.4 is 9.47 Å². The Morgan fingerprint density at radius 3 is 2.43 bits per heavy atom. The van der Waals surface area contributed by atoms with Crippen molar-refractivity contribution in [3.8, 4) is 17.4 Å². The van der Waals surface area contributed by atoms with Crippen LogP contribution >= 0.6 is 39.1 Å². The predicted molar refractivity (Wildman–Crippen MR) is 75.2 cm³/mol. The molecule has 0 aliphatic heterocycles. The highest BCUT2D eigenvalue weighted by atomic mass is 79.9. The number of rotatable bonds is 3. The van der Waals surface area contributed by atoms with Gasteiger partial charge in [0, 0.05) is 6.20 Å². The second-order valence-electron chi connectivity index (χ2n) is 3.68. The lowest BCUT2D eigenvalue weighted by atomic mass is 10.3. The first-order valence-electron chi connectivity index (χ1n) is 5.29. The van der Waals surface area contributed by atoms with Crippen LogP contribution in [0.3, 0.4) is 0 Å². The van der Waals surface area contributed by atoms with Gasteiger partial charge in [0.25, 0.3) is 0 Å². The fourth-order valence-electron chi connectivity index (χ4n) is 1.34. The number of hydrogen-bond acceptors (Lipinski definition) is 3. The Labute approximate surface area is 135 Å². The fraction of sp³-hybridized carbons (Fsp3) is 0.0833. The fourth-order valence-corrected chi connectivity index (χ4v) is 2.20. The van der Waals surface area contributed by atoms with Crippen LogP contribution in [0.15, 0.2) is 34.9 Å². The summed E-state index contributed by atoms with van der Waals surface area (Å²) in [6.07, 6.45) is -3.44. The average Bonchev–Trinajstić information content (AvgIpc) is 2.35.